The predicted octanol–water partition coefficient (Wildman–Crippen LogP) is 13.1. The highest BCUT2D eigenvalue weighted by Crippen LogP contribution is 2.41. The van der Waals surface area contributed by atoms with Crippen LogP contribution in [0, 0.1) is 23.3 Å². The summed E-state index contributed by atoms with van der Waals surface area (Å²) in [6, 6.07) is 29.4. The minimum Gasteiger partial charge on any atom is -0.481 e. The maximum atomic E-state index is 13.9. The van der Waals surface area contributed by atoms with Crippen molar-refractivity contribution in [1.29, 1.82) is 0 Å². The molecule has 1 aliphatic heterocycles. The Morgan fingerprint density at radius 3 is 1.43 bits per heavy atom. The first-order chi connectivity index (χ1) is 34.4. The second-order valence-corrected chi connectivity index (χ2v) is 20.9. The van der Waals surface area contributed by atoms with Gasteiger partial charge in [-0.05, 0) is 173 Å². The van der Waals surface area contributed by atoms with Gasteiger partial charge in [0.1, 0.15) is 28.9 Å². The molecule has 3 radical (unpaired) electrons. The lowest BCUT2D eigenvalue weighted by atomic mass is 10.0. The van der Waals surface area contributed by atoms with E-state index in [0.29, 0.717) is 32.4 Å². The van der Waals surface area contributed by atoms with E-state index >= 15 is 0 Å². The van der Waals surface area contributed by atoms with E-state index < -0.39 is 36.0 Å². The number of rotatable bonds is 18. The molecule has 3 N–H and O–H groups in total. The molecule has 3 heterocycles. The van der Waals surface area contributed by atoms with Crippen molar-refractivity contribution >= 4 is 20.4 Å². The number of aliphatic hydroxyl groups is 2. The number of hydrogen-bond acceptors (Lipinski definition) is 7. The number of ether oxygens (including phenoxy) is 3. The highest BCUT2D eigenvalue weighted by Gasteiger charge is 2.37. The molecular formula is C59H70BF4N2O8. The van der Waals surface area contributed by atoms with Crippen LogP contribution in [0.25, 0.3) is 44.8 Å². The van der Waals surface area contributed by atoms with Crippen molar-refractivity contribution < 1.29 is 56.7 Å². The van der Waals surface area contributed by atoms with E-state index in [0.717, 1.165) is 56.2 Å². The van der Waals surface area contributed by atoms with Gasteiger partial charge in [-0.1, -0.05) is 52.0 Å². The molecule has 6 aromatic rings. The maximum absolute atomic E-state index is 13.9. The Morgan fingerprint density at radius 2 is 1.04 bits per heavy atom. The summed E-state index contributed by atoms with van der Waals surface area (Å²) in [5.41, 5.74) is 8.52. The molecule has 0 spiro atoms. The summed E-state index contributed by atoms with van der Waals surface area (Å²) in [5.74, 6) is -3.20. The van der Waals surface area contributed by atoms with Gasteiger partial charge in [-0.25, -0.2) is 17.6 Å². The number of hydrogen-bond donors (Lipinski definition) is 3. The largest absolute Gasteiger partial charge is 0.481 e. The van der Waals surface area contributed by atoms with E-state index in [1.54, 1.807) is 48.5 Å². The molecule has 0 unspecified atom stereocenters. The predicted molar refractivity (Wildman–Crippen MR) is 281 cm³/mol. The first-order valence-electron chi connectivity index (χ1n) is 25.0. The van der Waals surface area contributed by atoms with Crippen molar-refractivity contribution in [1.82, 2.24) is 9.13 Å². The summed E-state index contributed by atoms with van der Waals surface area (Å²) < 4.78 is 77.0. The number of carboxylic acids is 1. The molecule has 1 fully saturated rings. The van der Waals surface area contributed by atoms with Crippen LogP contribution in [0.1, 0.15) is 124 Å². The fourth-order valence-corrected chi connectivity index (χ4v) is 9.47. The smallest absolute Gasteiger partial charge is 0.308 e. The highest BCUT2D eigenvalue weighted by molar-refractivity contribution is 5.84. The van der Waals surface area contributed by atoms with Gasteiger partial charge in [-0.15, -0.1) is 0 Å². The quantitative estimate of drug-likeness (QED) is 0.0441. The summed E-state index contributed by atoms with van der Waals surface area (Å²) in [4.78, 5) is 23.3. The van der Waals surface area contributed by atoms with E-state index in [2.05, 4.69) is 29.0 Å². The number of aliphatic carboxylic acids is 1. The number of nitrogens with zero attached hydrogens (tertiary/aromatic N) is 2. The number of aromatic nitrogens is 2. The number of esters is 1. The van der Waals surface area contributed by atoms with Crippen molar-refractivity contribution in [2.45, 2.75) is 162 Å². The Morgan fingerprint density at radius 1 is 0.649 bits per heavy atom. The van der Waals surface area contributed by atoms with Crippen LogP contribution in [0.15, 0.2) is 109 Å². The zero-order chi connectivity index (χ0) is 53.4. The lowest BCUT2D eigenvalue weighted by Crippen LogP contribution is -2.46. The number of aliphatic hydroxyl groups excluding tert-OH is 2. The van der Waals surface area contributed by atoms with Crippen LogP contribution in [0.2, 0.25) is 0 Å². The summed E-state index contributed by atoms with van der Waals surface area (Å²) in [6.45, 7) is 18.7. The zero-order valence-electron chi connectivity index (χ0n) is 43.9. The standard InChI is InChI=1S/C33H41F2NO4.C26H29F2NO4.B/c1-21(2)29-20-28(22-8-12-24(34)13-9-22)31(23-10-14-25(35)15-11-23)36(29)17-16-26-18-27(39-33(6,7)38-26)19-30(37)40-32(3,4)5;1-16(2)24-15-23(17-3-7-19(27)8-4-17)26(18-5-9-20(28)10-6-18)29(24)12-11-21(30)13-22(31)14-25(32)33;/h8-15,20-21,26-27H,16-19H2,1-7H3;3-10,15-16,21-22,30-31H,11-14H2,1-2H3,(H,32,33);/t26-,27-;21-,22-;/m11./s1. The van der Waals surface area contributed by atoms with Gasteiger partial charge in [0.25, 0.3) is 0 Å². The average Bonchev–Trinajstić information content (AvgIpc) is 3.87. The molecule has 4 atom stereocenters. The van der Waals surface area contributed by atoms with Gasteiger partial charge in [0.2, 0.25) is 0 Å². The lowest BCUT2D eigenvalue weighted by Gasteiger charge is -2.41. The highest BCUT2D eigenvalue weighted by atomic mass is 19.1. The first-order valence-corrected chi connectivity index (χ1v) is 25.0. The molecule has 15 heteroatoms. The monoisotopic (exact) mass is 1020 g/mol. The van der Waals surface area contributed by atoms with Gasteiger partial charge < -0.3 is 38.7 Å². The van der Waals surface area contributed by atoms with E-state index in [1.165, 1.54) is 48.5 Å². The molecule has 0 aliphatic carbocycles. The molecule has 4 aromatic carbocycles. The van der Waals surface area contributed by atoms with Crippen molar-refractivity contribution in [3.05, 3.63) is 144 Å². The fourth-order valence-electron chi connectivity index (χ4n) is 9.47. The Labute approximate surface area is 434 Å². The fraction of sp³-hybridized carbons (Fsp3) is 0.424. The number of carboxylic acid groups (broad SMARTS) is 1. The molecule has 0 bridgehead atoms. The molecule has 0 amide bonds. The molecule has 395 valence electrons. The SMILES string of the molecule is CC(C)c1cc(-c2ccc(F)cc2)c(-c2ccc(F)cc2)n1CC[C@@H](O)C[C@@H](O)CC(=O)O.CC(C)c1cc(-c2ccc(F)cc2)c(-c2ccc(F)cc2)n1CC[C@@H]1C[C@H](CC(=O)OC(C)(C)C)OC(C)(C)O1.[B]. The number of carbonyl (C=O) groups excluding carboxylic acids is 1. The Bertz CT molecular complexity index is 2770. The van der Waals surface area contributed by atoms with Gasteiger partial charge in [0.05, 0.1) is 48.6 Å². The second-order valence-electron chi connectivity index (χ2n) is 20.9. The molecular weight excluding hydrogens is 951 g/mol. The molecule has 74 heavy (non-hydrogen) atoms. The van der Waals surface area contributed by atoms with Crippen molar-refractivity contribution in [3.8, 4) is 44.8 Å². The van der Waals surface area contributed by atoms with Crippen molar-refractivity contribution in [3.63, 3.8) is 0 Å². The Hall–Kier alpha value is -6.00. The zero-order valence-corrected chi connectivity index (χ0v) is 43.9. The Balaban J connectivity index is 0.000000275. The van der Waals surface area contributed by atoms with E-state index in [4.69, 9.17) is 19.3 Å². The number of benzene rings is 4. The van der Waals surface area contributed by atoms with Crippen LogP contribution in [0.4, 0.5) is 17.6 Å². The summed E-state index contributed by atoms with van der Waals surface area (Å²) in [7, 11) is 0. The summed E-state index contributed by atoms with van der Waals surface area (Å²) in [6.07, 6.45) is -1.23. The van der Waals surface area contributed by atoms with E-state index in [1.807, 2.05) is 54.5 Å². The minimum atomic E-state index is -1.13. The molecule has 2 aromatic heterocycles. The van der Waals surface area contributed by atoms with Crippen LogP contribution in [0.5, 0.6) is 0 Å². The second kappa shape index (κ2) is 25.5. The van der Waals surface area contributed by atoms with Gasteiger partial charge in [0.15, 0.2) is 5.79 Å². The van der Waals surface area contributed by atoms with Crippen molar-refractivity contribution in [2.75, 3.05) is 0 Å². The van der Waals surface area contributed by atoms with Gasteiger partial charge >= 0.3 is 11.9 Å². The van der Waals surface area contributed by atoms with Crippen LogP contribution in [0.3, 0.4) is 0 Å². The number of halogens is 4. The molecule has 1 saturated heterocycles. The van der Waals surface area contributed by atoms with Crippen molar-refractivity contribution in [2.24, 2.45) is 0 Å². The van der Waals surface area contributed by atoms with E-state index in [9.17, 15) is 37.4 Å². The molecule has 0 saturated carbocycles. The third-order valence-corrected chi connectivity index (χ3v) is 12.5. The average molecular weight is 1020 g/mol. The van der Waals surface area contributed by atoms with Crippen LogP contribution >= 0.6 is 0 Å². The molecule has 7 rings (SSSR count). The van der Waals surface area contributed by atoms with Gasteiger partial charge in [0, 0.05) is 50.4 Å². The topological polar surface area (TPSA) is 132 Å². The van der Waals surface area contributed by atoms with Crippen LogP contribution in [-0.2, 0) is 36.9 Å². The van der Waals surface area contributed by atoms with Crippen LogP contribution < -0.4 is 0 Å². The van der Waals surface area contributed by atoms with Crippen LogP contribution in [-0.4, -0.2) is 80.6 Å². The first kappa shape index (κ1) is 58.9. The van der Waals surface area contributed by atoms with E-state index in [-0.39, 0.29) is 74.5 Å². The summed E-state index contributed by atoms with van der Waals surface area (Å²) in [5, 5.41) is 29.1. The lowest BCUT2D eigenvalue weighted by molar-refractivity contribution is -0.301. The third kappa shape index (κ3) is 16.3. The normalized spacial score (nSPS) is 16.3. The Kier molecular flexibility index (Phi) is 20.3. The molecule has 1 aliphatic rings. The maximum Gasteiger partial charge on any atom is 0.308 e. The van der Waals surface area contributed by atoms with Gasteiger partial charge in [-0.3, -0.25) is 9.59 Å². The third-order valence-electron chi connectivity index (χ3n) is 12.5. The molecule has 10 nitrogen and oxygen atoms in total. The summed E-state index contributed by atoms with van der Waals surface area (Å²) >= 11 is 0. The number of carbonyl (C=O) groups is 2. The van der Waals surface area contributed by atoms with Gasteiger partial charge in [-0.2, -0.15) is 0 Å². The minimum absolute atomic E-state index is 0.